The summed E-state index contributed by atoms with van der Waals surface area (Å²) in [5, 5.41) is 0. The topological polar surface area (TPSA) is 51.8 Å². The molecule has 0 saturated heterocycles. The zero-order valence-electron chi connectivity index (χ0n) is 9.53. The lowest BCUT2D eigenvalue weighted by Crippen LogP contribution is -2.01. The lowest BCUT2D eigenvalue weighted by Gasteiger charge is -2.06. The second-order valence-electron chi connectivity index (χ2n) is 4.43. The van der Waals surface area contributed by atoms with Gasteiger partial charge in [0.25, 0.3) is 0 Å². The lowest BCUT2D eigenvalue weighted by molar-refractivity contribution is 0.585. The third kappa shape index (κ3) is 2.03. The van der Waals surface area contributed by atoms with Crippen molar-refractivity contribution >= 4 is 5.82 Å². The SMILES string of the molecule is Nc1cc(-c2ccc(F)cc2F)nc(C2CC2)n1. The summed E-state index contributed by atoms with van der Waals surface area (Å²) in [5.74, 6) is 0.0330. The molecular weight excluding hydrogens is 236 g/mol. The van der Waals surface area contributed by atoms with Crippen molar-refractivity contribution in [1.82, 2.24) is 9.97 Å². The molecule has 0 unspecified atom stereocenters. The highest BCUT2D eigenvalue weighted by Gasteiger charge is 2.27. The van der Waals surface area contributed by atoms with Gasteiger partial charge in [-0.15, -0.1) is 0 Å². The molecule has 0 amide bonds. The molecule has 1 aliphatic rings. The first kappa shape index (κ1) is 11.1. The van der Waals surface area contributed by atoms with E-state index >= 15 is 0 Å². The first-order chi connectivity index (χ1) is 8.63. The summed E-state index contributed by atoms with van der Waals surface area (Å²) >= 11 is 0. The van der Waals surface area contributed by atoms with Gasteiger partial charge in [0.05, 0.1) is 5.69 Å². The molecule has 1 aromatic carbocycles. The van der Waals surface area contributed by atoms with Crippen LogP contribution in [0.25, 0.3) is 11.3 Å². The third-order valence-corrected chi connectivity index (χ3v) is 2.91. The molecular formula is C13H11F2N3. The van der Waals surface area contributed by atoms with Crippen LogP contribution in [0, 0.1) is 11.6 Å². The Labute approximate surface area is 103 Å². The molecule has 3 nitrogen and oxygen atoms in total. The van der Waals surface area contributed by atoms with Gasteiger partial charge in [-0.1, -0.05) is 0 Å². The number of anilines is 1. The van der Waals surface area contributed by atoms with Gasteiger partial charge in [-0.05, 0) is 25.0 Å². The molecule has 2 aromatic rings. The molecule has 1 saturated carbocycles. The van der Waals surface area contributed by atoms with E-state index in [1.54, 1.807) is 0 Å². The number of benzene rings is 1. The van der Waals surface area contributed by atoms with Gasteiger partial charge < -0.3 is 5.73 Å². The minimum absolute atomic E-state index is 0.243. The standard InChI is InChI=1S/C13H11F2N3/c14-8-3-4-9(10(15)5-8)11-6-12(16)18-13(17-11)7-1-2-7/h3-7H,1-2H2,(H2,16,17,18). The van der Waals surface area contributed by atoms with Crippen LogP contribution in [0.3, 0.4) is 0 Å². The molecule has 3 rings (SSSR count). The van der Waals surface area contributed by atoms with Crippen molar-refractivity contribution in [2.75, 3.05) is 5.73 Å². The molecule has 1 fully saturated rings. The van der Waals surface area contributed by atoms with Gasteiger partial charge in [0, 0.05) is 23.6 Å². The summed E-state index contributed by atoms with van der Waals surface area (Å²) in [4.78, 5) is 8.44. The molecule has 2 N–H and O–H groups in total. The van der Waals surface area contributed by atoms with Crippen molar-refractivity contribution in [3.63, 3.8) is 0 Å². The van der Waals surface area contributed by atoms with E-state index in [2.05, 4.69) is 9.97 Å². The number of aromatic nitrogens is 2. The Bertz CT molecular complexity index is 609. The monoisotopic (exact) mass is 247 g/mol. The Morgan fingerprint density at radius 2 is 1.89 bits per heavy atom. The normalized spacial score (nSPS) is 14.8. The molecule has 0 atom stereocenters. The van der Waals surface area contributed by atoms with Crippen molar-refractivity contribution in [3.8, 4) is 11.3 Å². The number of hydrogen-bond donors (Lipinski definition) is 1. The second kappa shape index (κ2) is 4.01. The molecule has 18 heavy (non-hydrogen) atoms. The molecule has 0 bridgehead atoms. The van der Waals surface area contributed by atoms with E-state index in [0.29, 0.717) is 23.3 Å². The fourth-order valence-electron chi connectivity index (χ4n) is 1.84. The van der Waals surface area contributed by atoms with Crippen LogP contribution in [-0.2, 0) is 0 Å². The van der Waals surface area contributed by atoms with Crippen LogP contribution in [0.1, 0.15) is 24.6 Å². The Kier molecular flexibility index (Phi) is 2.47. The third-order valence-electron chi connectivity index (χ3n) is 2.91. The van der Waals surface area contributed by atoms with Gasteiger partial charge in [-0.3, -0.25) is 0 Å². The van der Waals surface area contributed by atoms with Crippen LogP contribution in [0.5, 0.6) is 0 Å². The number of nitrogen functional groups attached to an aromatic ring is 1. The van der Waals surface area contributed by atoms with E-state index in [9.17, 15) is 8.78 Å². The van der Waals surface area contributed by atoms with Gasteiger partial charge in [0.1, 0.15) is 23.3 Å². The summed E-state index contributed by atoms with van der Waals surface area (Å²) in [6, 6.07) is 4.91. The van der Waals surface area contributed by atoms with Gasteiger partial charge in [0.2, 0.25) is 0 Å². The van der Waals surface area contributed by atoms with E-state index in [-0.39, 0.29) is 5.56 Å². The first-order valence-electron chi connectivity index (χ1n) is 5.73. The largest absolute Gasteiger partial charge is 0.384 e. The Hall–Kier alpha value is -2.04. The number of hydrogen-bond acceptors (Lipinski definition) is 3. The molecule has 1 heterocycles. The van der Waals surface area contributed by atoms with E-state index in [1.165, 1.54) is 18.2 Å². The molecule has 5 heteroatoms. The summed E-state index contributed by atoms with van der Waals surface area (Å²) in [5.41, 5.74) is 6.34. The highest BCUT2D eigenvalue weighted by molar-refractivity contribution is 5.62. The molecule has 0 spiro atoms. The highest BCUT2D eigenvalue weighted by atomic mass is 19.1. The Morgan fingerprint density at radius 3 is 2.56 bits per heavy atom. The Morgan fingerprint density at radius 1 is 1.11 bits per heavy atom. The number of nitrogens with two attached hydrogens (primary N) is 1. The Balaban J connectivity index is 2.10. The molecule has 92 valence electrons. The van der Waals surface area contributed by atoms with Gasteiger partial charge in [-0.25, -0.2) is 18.7 Å². The van der Waals surface area contributed by atoms with Crippen molar-refractivity contribution in [1.29, 1.82) is 0 Å². The van der Waals surface area contributed by atoms with Gasteiger partial charge >= 0.3 is 0 Å². The number of halogens is 2. The molecule has 0 radical (unpaired) electrons. The molecule has 1 aromatic heterocycles. The van der Waals surface area contributed by atoms with E-state index in [1.807, 2.05) is 0 Å². The zero-order valence-corrected chi connectivity index (χ0v) is 9.53. The minimum atomic E-state index is -0.644. The van der Waals surface area contributed by atoms with Gasteiger partial charge in [0.15, 0.2) is 0 Å². The molecule has 0 aliphatic heterocycles. The first-order valence-corrected chi connectivity index (χ1v) is 5.73. The maximum atomic E-state index is 13.7. The van der Waals surface area contributed by atoms with Crippen LogP contribution in [0.2, 0.25) is 0 Å². The van der Waals surface area contributed by atoms with E-state index in [0.717, 1.165) is 18.9 Å². The zero-order chi connectivity index (χ0) is 12.7. The fourth-order valence-corrected chi connectivity index (χ4v) is 1.84. The summed E-state index contributed by atoms with van der Waals surface area (Å²) in [6.45, 7) is 0. The fraction of sp³-hybridized carbons (Fsp3) is 0.231. The summed E-state index contributed by atoms with van der Waals surface area (Å²) in [7, 11) is 0. The second-order valence-corrected chi connectivity index (χ2v) is 4.43. The average molecular weight is 247 g/mol. The van der Waals surface area contributed by atoms with Crippen molar-refractivity contribution < 1.29 is 8.78 Å². The van der Waals surface area contributed by atoms with Crippen molar-refractivity contribution in [2.45, 2.75) is 18.8 Å². The van der Waals surface area contributed by atoms with Crippen molar-refractivity contribution in [2.24, 2.45) is 0 Å². The van der Waals surface area contributed by atoms with Crippen LogP contribution in [0.15, 0.2) is 24.3 Å². The van der Waals surface area contributed by atoms with Crippen LogP contribution >= 0.6 is 0 Å². The minimum Gasteiger partial charge on any atom is -0.384 e. The van der Waals surface area contributed by atoms with Crippen molar-refractivity contribution in [3.05, 3.63) is 41.7 Å². The highest BCUT2D eigenvalue weighted by Crippen LogP contribution is 2.39. The average Bonchev–Trinajstić information content (AvgIpc) is 3.11. The molecule has 1 aliphatic carbocycles. The quantitative estimate of drug-likeness (QED) is 0.887. The summed E-state index contributed by atoms with van der Waals surface area (Å²) < 4.78 is 26.5. The maximum absolute atomic E-state index is 13.7. The van der Waals surface area contributed by atoms with E-state index in [4.69, 9.17) is 5.73 Å². The van der Waals surface area contributed by atoms with Crippen LogP contribution < -0.4 is 5.73 Å². The predicted molar refractivity (Wildman–Crippen MR) is 63.8 cm³/mol. The van der Waals surface area contributed by atoms with E-state index < -0.39 is 11.6 Å². The summed E-state index contributed by atoms with van der Waals surface area (Å²) in [6.07, 6.45) is 2.07. The lowest BCUT2D eigenvalue weighted by atomic mass is 10.1. The van der Waals surface area contributed by atoms with Gasteiger partial charge in [-0.2, -0.15) is 0 Å². The van der Waals surface area contributed by atoms with Crippen LogP contribution in [-0.4, -0.2) is 9.97 Å². The maximum Gasteiger partial charge on any atom is 0.135 e. The van der Waals surface area contributed by atoms with Crippen LogP contribution in [0.4, 0.5) is 14.6 Å². The smallest absolute Gasteiger partial charge is 0.135 e. The predicted octanol–water partition coefficient (Wildman–Crippen LogP) is 2.88. The number of rotatable bonds is 2. The number of nitrogens with zero attached hydrogens (tertiary/aromatic N) is 2.